The molecule has 2 nitrogen and oxygen atoms in total. The van der Waals surface area contributed by atoms with Gasteiger partial charge in [0.1, 0.15) is 5.60 Å². The van der Waals surface area contributed by atoms with E-state index in [-0.39, 0.29) is 0 Å². The van der Waals surface area contributed by atoms with Crippen LogP contribution in [0.25, 0.3) is 0 Å². The monoisotopic (exact) mass is 220 g/mol. The van der Waals surface area contributed by atoms with Crippen LogP contribution >= 0.6 is 0 Å². The van der Waals surface area contributed by atoms with Crippen molar-refractivity contribution in [1.82, 2.24) is 0 Å². The first-order chi connectivity index (χ1) is 7.58. The minimum Gasteiger partial charge on any atom is -0.382 e. The van der Waals surface area contributed by atoms with Gasteiger partial charge in [0.15, 0.2) is 0 Å². The molecule has 16 heavy (non-hydrogen) atoms. The number of hydrogen-bond acceptors (Lipinski definition) is 2. The Morgan fingerprint density at radius 2 is 2.06 bits per heavy atom. The van der Waals surface area contributed by atoms with Gasteiger partial charge in [-0.15, -0.1) is 0 Å². The molecule has 1 aromatic carbocycles. The molecular formula is C14H20O2. The SMILES string of the molecule is COCC(O)(c1ccc(C)cc1C)C1CC1. The van der Waals surface area contributed by atoms with Gasteiger partial charge in [0.25, 0.3) is 0 Å². The molecule has 0 saturated heterocycles. The number of methoxy groups -OCH3 is 1. The van der Waals surface area contributed by atoms with Crippen LogP contribution in [-0.4, -0.2) is 18.8 Å². The lowest BCUT2D eigenvalue weighted by atomic mass is 9.86. The molecule has 88 valence electrons. The summed E-state index contributed by atoms with van der Waals surface area (Å²) in [5.41, 5.74) is 2.64. The first-order valence-corrected chi connectivity index (χ1v) is 5.87. The summed E-state index contributed by atoms with van der Waals surface area (Å²) in [4.78, 5) is 0. The van der Waals surface area contributed by atoms with Gasteiger partial charge in [-0.1, -0.05) is 23.8 Å². The Morgan fingerprint density at radius 3 is 2.56 bits per heavy atom. The summed E-state index contributed by atoms with van der Waals surface area (Å²) in [5.74, 6) is 0.369. The fraction of sp³-hybridized carbons (Fsp3) is 0.571. The van der Waals surface area contributed by atoms with E-state index in [1.807, 2.05) is 6.07 Å². The van der Waals surface area contributed by atoms with Crippen molar-refractivity contribution < 1.29 is 9.84 Å². The van der Waals surface area contributed by atoms with E-state index in [0.717, 1.165) is 24.0 Å². The molecular weight excluding hydrogens is 200 g/mol. The van der Waals surface area contributed by atoms with Gasteiger partial charge in [-0.2, -0.15) is 0 Å². The molecule has 1 aliphatic rings. The van der Waals surface area contributed by atoms with E-state index in [9.17, 15) is 5.11 Å². The highest BCUT2D eigenvalue weighted by molar-refractivity contribution is 5.36. The van der Waals surface area contributed by atoms with Crippen LogP contribution in [0.1, 0.15) is 29.5 Å². The average molecular weight is 220 g/mol. The predicted octanol–water partition coefficient (Wildman–Crippen LogP) is 2.55. The summed E-state index contributed by atoms with van der Waals surface area (Å²) >= 11 is 0. The third-order valence-corrected chi connectivity index (χ3v) is 3.47. The topological polar surface area (TPSA) is 29.5 Å². The zero-order valence-corrected chi connectivity index (χ0v) is 10.3. The Kier molecular flexibility index (Phi) is 3.04. The summed E-state index contributed by atoms with van der Waals surface area (Å²) < 4.78 is 5.20. The molecule has 1 saturated carbocycles. The molecule has 0 aromatic heterocycles. The average Bonchev–Trinajstić information content (AvgIpc) is 3.00. The molecule has 1 unspecified atom stereocenters. The largest absolute Gasteiger partial charge is 0.382 e. The van der Waals surface area contributed by atoms with Gasteiger partial charge in [0.05, 0.1) is 6.61 Å². The zero-order valence-electron chi connectivity index (χ0n) is 10.3. The fourth-order valence-corrected chi connectivity index (χ4v) is 2.50. The van der Waals surface area contributed by atoms with Gasteiger partial charge in [-0.05, 0) is 43.7 Å². The van der Waals surface area contributed by atoms with Gasteiger partial charge < -0.3 is 9.84 Å². The van der Waals surface area contributed by atoms with E-state index >= 15 is 0 Å². The third-order valence-electron chi connectivity index (χ3n) is 3.47. The molecule has 0 aliphatic heterocycles. The van der Waals surface area contributed by atoms with Gasteiger partial charge in [0.2, 0.25) is 0 Å². The Bertz CT molecular complexity index is 382. The number of ether oxygens (including phenoxy) is 1. The van der Waals surface area contributed by atoms with Crippen molar-refractivity contribution in [2.45, 2.75) is 32.3 Å². The van der Waals surface area contributed by atoms with Gasteiger partial charge in [0, 0.05) is 7.11 Å². The van der Waals surface area contributed by atoms with Crippen molar-refractivity contribution in [3.05, 3.63) is 34.9 Å². The molecule has 0 heterocycles. The second-order valence-corrected chi connectivity index (χ2v) is 4.95. The van der Waals surface area contributed by atoms with E-state index in [1.54, 1.807) is 7.11 Å². The Hall–Kier alpha value is -0.860. The normalized spacial score (nSPS) is 19.5. The molecule has 0 bridgehead atoms. The molecule has 1 N–H and O–H groups in total. The Labute approximate surface area is 97.3 Å². The van der Waals surface area contributed by atoms with Crippen molar-refractivity contribution in [1.29, 1.82) is 0 Å². The number of aryl methyl sites for hydroxylation is 2. The standard InChI is InChI=1S/C14H20O2/c1-10-4-7-13(11(2)8-10)14(15,9-16-3)12-5-6-12/h4,7-8,12,15H,5-6,9H2,1-3H3. The number of aliphatic hydroxyl groups is 1. The third kappa shape index (κ3) is 2.00. The van der Waals surface area contributed by atoms with Gasteiger partial charge in [-0.3, -0.25) is 0 Å². The van der Waals surface area contributed by atoms with E-state index in [2.05, 4.69) is 26.0 Å². The molecule has 2 heteroatoms. The molecule has 1 aromatic rings. The molecule has 2 rings (SSSR count). The summed E-state index contributed by atoms with van der Waals surface area (Å²) in [5, 5.41) is 10.8. The minimum atomic E-state index is -0.785. The summed E-state index contributed by atoms with van der Waals surface area (Å²) in [6, 6.07) is 6.23. The van der Waals surface area contributed by atoms with Crippen LogP contribution in [0.2, 0.25) is 0 Å². The van der Waals surface area contributed by atoms with Gasteiger partial charge in [-0.25, -0.2) is 0 Å². The molecule has 1 atom stereocenters. The van der Waals surface area contributed by atoms with Crippen LogP contribution in [0, 0.1) is 19.8 Å². The predicted molar refractivity (Wildman–Crippen MR) is 64.4 cm³/mol. The van der Waals surface area contributed by atoms with E-state index < -0.39 is 5.60 Å². The Morgan fingerprint density at radius 1 is 1.38 bits per heavy atom. The summed E-state index contributed by atoms with van der Waals surface area (Å²) in [7, 11) is 1.65. The quantitative estimate of drug-likeness (QED) is 0.845. The van der Waals surface area contributed by atoms with Crippen molar-refractivity contribution >= 4 is 0 Å². The zero-order chi connectivity index (χ0) is 11.8. The molecule has 0 amide bonds. The van der Waals surface area contributed by atoms with E-state index in [4.69, 9.17) is 4.74 Å². The van der Waals surface area contributed by atoms with Crippen LogP contribution < -0.4 is 0 Å². The highest BCUT2D eigenvalue weighted by Crippen LogP contribution is 2.46. The Balaban J connectivity index is 2.38. The second-order valence-electron chi connectivity index (χ2n) is 4.95. The lowest BCUT2D eigenvalue weighted by molar-refractivity contribution is -0.0536. The molecule has 1 aliphatic carbocycles. The van der Waals surface area contributed by atoms with Crippen molar-refractivity contribution in [2.75, 3.05) is 13.7 Å². The molecule has 0 radical (unpaired) electrons. The van der Waals surface area contributed by atoms with Crippen LogP contribution in [0.3, 0.4) is 0 Å². The van der Waals surface area contributed by atoms with Crippen LogP contribution in [0.15, 0.2) is 18.2 Å². The second kappa shape index (κ2) is 4.19. The van der Waals surface area contributed by atoms with E-state index in [0.29, 0.717) is 12.5 Å². The highest BCUT2D eigenvalue weighted by Gasteiger charge is 2.45. The van der Waals surface area contributed by atoms with Gasteiger partial charge >= 0.3 is 0 Å². The first-order valence-electron chi connectivity index (χ1n) is 5.87. The van der Waals surface area contributed by atoms with Crippen LogP contribution in [0.4, 0.5) is 0 Å². The van der Waals surface area contributed by atoms with E-state index in [1.165, 1.54) is 5.56 Å². The first kappa shape index (κ1) is 11.6. The number of benzene rings is 1. The highest BCUT2D eigenvalue weighted by atomic mass is 16.5. The molecule has 0 spiro atoms. The maximum absolute atomic E-state index is 10.8. The lowest BCUT2D eigenvalue weighted by Gasteiger charge is -2.29. The maximum atomic E-state index is 10.8. The van der Waals surface area contributed by atoms with Crippen LogP contribution in [0.5, 0.6) is 0 Å². The smallest absolute Gasteiger partial charge is 0.116 e. The van der Waals surface area contributed by atoms with Crippen molar-refractivity contribution in [3.63, 3.8) is 0 Å². The molecule has 1 fully saturated rings. The van der Waals surface area contributed by atoms with Crippen molar-refractivity contribution in [2.24, 2.45) is 5.92 Å². The number of hydrogen-bond donors (Lipinski definition) is 1. The summed E-state index contributed by atoms with van der Waals surface area (Å²) in [6.45, 7) is 4.52. The van der Waals surface area contributed by atoms with Crippen molar-refractivity contribution in [3.8, 4) is 0 Å². The minimum absolute atomic E-state index is 0.369. The summed E-state index contributed by atoms with van der Waals surface area (Å²) in [6.07, 6.45) is 2.21. The lowest BCUT2D eigenvalue weighted by Crippen LogP contribution is -2.34. The maximum Gasteiger partial charge on any atom is 0.116 e. The fourth-order valence-electron chi connectivity index (χ4n) is 2.50. The number of rotatable bonds is 4. The van der Waals surface area contributed by atoms with Crippen LogP contribution in [-0.2, 0) is 10.3 Å².